The molecule has 3 heterocycles. The van der Waals surface area contributed by atoms with E-state index in [-0.39, 0.29) is 17.3 Å². The molecular weight excluding hydrogens is 452 g/mol. The van der Waals surface area contributed by atoms with Gasteiger partial charge in [0.1, 0.15) is 5.82 Å². The zero-order valence-electron chi connectivity index (χ0n) is 21.7. The van der Waals surface area contributed by atoms with Crippen LogP contribution >= 0.6 is 0 Å². The predicted molar refractivity (Wildman–Crippen MR) is 145 cm³/mol. The summed E-state index contributed by atoms with van der Waals surface area (Å²) in [6.45, 7) is 11.3. The topological polar surface area (TPSA) is 47.5 Å². The van der Waals surface area contributed by atoms with Crippen molar-refractivity contribution in [2.45, 2.75) is 46.1 Å². The third-order valence-corrected chi connectivity index (χ3v) is 6.81. The Hall–Kier alpha value is -3.29. The van der Waals surface area contributed by atoms with E-state index in [4.69, 9.17) is 14.3 Å². The van der Waals surface area contributed by atoms with Crippen LogP contribution < -0.4 is 10.4 Å². The molecule has 0 saturated carbocycles. The molecule has 184 valence electrons. The molecule has 2 aromatic heterocycles. The molecule has 5 rings (SSSR count). The molecule has 2 aromatic carbocycles. The third kappa shape index (κ3) is 4.27. The first-order valence-corrected chi connectivity index (χ1v) is 12.3. The fourth-order valence-electron chi connectivity index (χ4n) is 5.19. The molecule has 0 bridgehead atoms. The summed E-state index contributed by atoms with van der Waals surface area (Å²) >= 11 is 0. The van der Waals surface area contributed by atoms with Crippen molar-refractivity contribution in [1.82, 2.24) is 9.97 Å². The van der Waals surface area contributed by atoms with E-state index in [9.17, 15) is 4.39 Å². The maximum atomic E-state index is 14.3. The van der Waals surface area contributed by atoms with Crippen LogP contribution in [0.5, 0.6) is 0 Å². The summed E-state index contributed by atoms with van der Waals surface area (Å²) in [6.07, 6.45) is 1.78. The molecule has 0 saturated heterocycles. The van der Waals surface area contributed by atoms with Gasteiger partial charge >= 0.3 is 7.12 Å². The van der Waals surface area contributed by atoms with E-state index < -0.39 is 7.12 Å². The minimum absolute atomic E-state index is 0.0259. The van der Waals surface area contributed by atoms with Crippen LogP contribution in [-0.2, 0) is 14.7 Å². The van der Waals surface area contributed by atoms with Crippen molar-refractivity contribution >= 4 is 34.9 Å². The van der Waals surface area contributed by atoms with Gasteiger partial charge in [-0.1, -0.05) is 32.0 Å². The van der Waals surface area contributed by atoms with Gasteiger partial charge in [-0.15, -0.1) is 0 Å². The Bertz CT molecular complexity index is 1430. The summed E-state index contributed by atoms with van der Waals surface area (Å²) in [7, 11) is 1.20. The SMILES string of the molecule is COB(OC(C)C)c1ccc2c(c1)N(c1c(C)c(-c3ccccn3)nc3cc(F)ccc13)CC2(C)C. The largest absolute Gasteiger partial charge is 0.493 e. The second-order valence-corrected chi connectivity index (χ2v) is 10.3. The molecule has 0 radical (unpaired) electrons. The molecule has 0 fully saturated rings. The first-order valence-electron chi connectivity index (χ1n) is 12.3. The highest BCUT2D eigenvalue weighted by Crippen LogP contribution is 2.47. The number of halogens is 1. The fraction of sp³-hybridized carbons (Fsp3) is 0.310. The normalized spacial score (nSPS) is 14.5. The Morgan fingerprint density at radius 1 is 1.08 bits per heavy atom. The van der Waals surface area contributed by atoms with Crippen molar-refractivity contribution in [3.63, 3.8) is 0 Å². The number of hydrogen-bond acceptors (Lipinski definition) is 5. The van der Waals surface area contributed by atoms with E-state index >= 15 is 0 Å². The van der Waals surface area contributed by atoms with Crippen molar-refractivity contribution in [3.8, 4) is 11.4 Å². The summed E-state index contributed by atoms with van der Waals surface area (Å²) in [4.78, 5) is 11.7. The molecule has 0 aliphatic carbocycles. The first kappa shape index (κ1) is 24.4. The maximum Gasteiger partial charge on any atom is 0.493 e. The summed E-state index contributed by atoms with van der Waals surface area (Å²) in [6, 6.07) is 17.0. The summed E-state index contributed by atoms with van der Waals surface area (Å²) in [5.41, 5.74) is 7.35. The van der Waals surface area contributed by atoms with Gasteiger partial charge in [0.15, 0.2) is 0 Å². The molecule has 7 heteroatoms. The van der Waals surface area contributed by atoms with Crippen LogP contribution in [0.2, 0.25) is 0 Å². The van der Waals surface area contributed by atoms with Crippen molar-refractivity contribution in [2.75, 3.05) is 18.6 Å². The molecule has 1 aliphatic rings. The highest BCUT2D eigenvalue weighted by Gasteiger charge is 2.38. The van der Waals surface area contributed by atoms with Crippen LogP contribution in [0.25, 0.3) is 22.3 Å². The van der Waals surface area contributed by atoms with Gasteiger partial charge in [-0.2, -0.15) is 0 Å². The standard InChI is InChI=1S/C29H31BFN3O2/c1-18(2)36-30(35-6)20-10-13-23-26(15-20)34(17-29(23,4)5)28-19(3)27(24-9-7-8-14-32-24)33-25-16-21(31)11-12-22(25)28/h7-16,18H,17H2,1-6H3. The molecule has 36 heavy (non-hydrogen) atoms. The van der Waals surface area contributed by atoms with Gasteiger partial charge in [-0.05, 0) is 62.1 Å². The molecule has 1 aliphatic heterocycles. The van der Waals surface area contributed by atoms with Gasteiger partial charge in [0, 0.05) is 54.1 Å². The number of hydrogen-bond donors (Lipinski definition) is 0. The molecule has 0 amide bonds. The van der Waals surface area contributed by atoms with Gasteiger partial charge in [0.25, 0.3) is 0 Å². The van der Waals surface area contributed by atoms with Gasteiger partial charge < -0.3 is 14.2 Å². The maximum absolute atomic E-state index is 14.3. The van der Waals surface area contributed by atoms with Crippen molar-refractivity contribution < 1.29 is 13.7 Å². The third-order valence-electron chi connectivity index (χ3n) is 6.81. The minimum Gasteiger partial charge on any atom is -0.410 e. The predicted octanol–water partition coefficient (Wildman–Crippen LogP) is 5.94. The number of benzene rings is 2. The monoisotopic (exact) mass is 483 g/mol. The number of anilines is 2. The lowest BCUT2D eigenvalue weighted by molar-refractivity contribution is 0.188. The van der Waals surface area contributed by atoms with Gasteiger partial charge in [-0.3, -0.25) is 4.98 Å². The Morgan fingerprint density at radius 3 is 2.58 bits per heavy atom. The van der Waals surface area contributed by atoms with Crippen LogP contribution in [0.1, 0.15) is 38.8 Å². The lowest BCUT2D eigenvalue weighted by Gasteiger charge is -2.27. The van der Waals surface area contributed by atoms with Crippen LogP contribution in [0.15, 0.2) is 60.8 Å². The number of aromatic nitrogens is 2. The number of fused-ring (bicyclic) bond motifs is 2. The number of pyridine rings is 2. The second kappa shape index (κ2) is 9.30. The Morgan fingerprint density at radius 2 is 1.89 bits per heavy atom. The average Bonchev–Trinajstić information content (AvgIpc) is 3.12. The smallest absolute Gasteiger partial charge is 0.410 e. The van der Waals surface area contributed by atoms with Crippen molar-refractivity contribution in [1.29, 1.82) is 0 Å². The van der Waals surface area contributed by atoms with E-state index in [1.54, 1.807) is 13.3 Å². The fourth-order valence-corrected chi connectivity index (χ4v) is 5.19. The zero-order valence-corrected chi connectivity index (χ0v) is 21.7. The number of rotatable bonds is 6. The quantitative estimate of drug-likeness (QED) is 0.318. The first-order chi connectivity index (χ1) is 17.2. The van der Waals surface area contributed by atoms with Crippen LogP contribution in [0.4, 0.5) is 15.8 Å². The van der Waals surface area contributed by atoms with Gasteiger partial charge in [0.2, 0.25) is 0 Å². The molecule has 5 nitrogen and oxygen atoms in total. The average molecular weight is 483 g/mol. The van der Waals surface area contributed by atoms with E-state index in [1.165, 1.54) is 17.7 Å². The highest BCUT2D eigenvalue weighted by molar-refractivity contribution is 6.61. The Kier molecular flexibility index (Phi) is 6.31. The molecule has 4 aromatic rings. The Balaban J connectivity index is 1.75. The van der Waals surface area contributed by atoms with Crippen molar-refractivity contribution in [2.24, 2.45) is 0 Å². The molecular formula is C29H31BFN3O2. The van der Waals surface area contributed by atoms with Gasteiger partial charge in [-0.25, -0.2) is 9.37 Å². The van der Waals surface area contributed by atoms with E-state index in [2.05, 4.69) is 48.9 Å². The molecule has 0 spiro atoms. The molecule has 0 N–H and O–H groups in total. The van der Waals surface area contributed by atoms with E-state index in [0.29, 0.717) is 5.52 Å². The van der Waals surface area contributed by atoms with Crippen LogP contribution in [-0.4, -0.2) is 36.8 Å². The summed E-state index contributed by atoms with van der Waals surface area (Å²) < 4.78 is 26.0. The van der Waals surface area contributed by atoms with E-state index in [1.807, 2.05) is 38.1 Å². The summed E-state index contributed by atoms with van der Waals surface area (Å²) in [5.74, 6) is -0.310. The van der Waals surface area contributed by atoms with E-state index in [0.717, 1.165) is 45.7 Å². The van der Waals surface area contributed by atoms with Crippen LogP contribution in [0, 0.1) is 12.7 Å². The van der Waals surface area contributed by atoms with Crippen molar-refractivity contribution in [3.05, 3.63) is 77.7 Å². The minimum atomic E-state index is -0.464. The lowest BCUT2D eigenvalue weighted by Crippen LogP contribution is -2.38. The number of nitrogens with zero attached hydrogens (tertiary/aromatic N) is 3. The molecule has 0 atom stereocenters. The van der Waals surface area contributed by atoms with Gasteiger partial charge in [0.05, 0.1) is 22.6 Å². The second-order valence-electron chi connectivity index (χ2n) is 10.3. The Labute approximate surface area is 212 Å². The zero-order chi connectivity index (χ0) is 25.6. The summed E-state index contributed by atoms with van der Waals surface area (Å²) in [5, 5.41) is 0.907. The van der Waals surface area contributed by atoms with Crippen LogP contribution in [0.3, 0.4) is 0 Å². The lowest BCUT2D eigenvalue weighted by atomic mass is 9.76. The highest BCUT2D eigenvalue weighted by atomic mass is 19.1. The molecule has 0 unspecified atom stereocenters.